The van der Waals surface area contributed by atoms with E-state index in [0.717, 1.165) is 21.5 Å². The number of carbonyl (C=O) groups excluding carboxylic acids is 2. The molecule has 1 amide bonds. The van der Waals surface area contributed by atoms with Gasteiger partial charge in [-0.3, -0.25) is 4.79 Å². The Hall–Kier alpha value is -2.92. The summed E-state index contributed by atoms with van der Waals surface area (Å²) >= 11 is 0. The number of esters is 1. The van der Waals surface area contributed by atoms with Crippen LogP contribution < -0.4 is 5.32 Å². The largest absolute Gasteiger partial charge is 0.452 e. The number of ether oxygens (including phenoxy) is 2. The third kappa shape index (κ3) is 4.00. The van der Waals surface area contributed by atoms with Crippen molar-refractivity contribution in [1.29, 1.82) is 0 Å². The Bertz CT molecular complexity index is 882. The molecule has 26 heavy (non-hydrogen) atoms. The summed E-state index contributed by atoms with van der Waals surface area (Å²) < 4.78 is 10.2. The molecule has 5 nitrogen and oxygen atoms in total. The molecule has 0 aliphatic rings. The Balaban J connectivity index is 1.80. The first kappa shape index (κ1) is 17.9. The van der Waals surface area contributed by atoms with E-state index in [1.54, 1.807) is 7.11 Å². The molecule has 1 N–H and O–H groups in total. The van der Waals surface area contributed by atoms with E-state index >= 15 is 0 Å². The molecule has 0 aromatic heterocycles. The van der Waals surface area contributed by atoms with Crippen molar-refractivity contribution in [3.8, 4) is 0 Å². The third-order valence-corrected chi connectivity index (χ3v) is 4.16. The molecule has 134 valence electrons. The van der Waals surface area contributed by atoms with Crippen LogP contribution in [0.25, 0.3) is 21.5 Å². The SMILES string of the molecule is COCCCNC(=O)COC(=O)c1c2ccccc2cc2ccccc12. The molecular weight excluding hydrogens is 330 g/mol. The molecule has 0 unspecified atom stereocenters. The molecule has 0 aliphatic heterocycles. The van der Waals surface area contributed by atoms with Gasteiger partial charge in [-0.25, -0.2) is 4.79 Å². The molecule has 3 rings (SSSR count). The summed E-state index contributed by atoms with van der Waals surface area (Å²) in [6.07, 6.45) is 0.712. The summed E-state index contributed by atoms with van der Waals surface area (Å²) in [5.74, 6) is -0.816. The third-order valence-electron chi connectivity index (χ3n) is 4.16. The Labute approximate surface area is 151 Å². The lowest BCUT2D eigenvalue weighted by Gasteiger charge is -2.11. The number of nitrogens with one attached hydrogen (secondary N) is 1. The van der Waals surface area contributed by atoms with Gasteiger partial charge in [0.25, 0.3) is 5.91 Å². The number of carbonyl (C=O) groups is 2. The predicted molar refractivity (Wildman–Crippen MR) is 101 cm³/mol. The van der Waals surface area contributed by atoms with Gasteiger partial charge < -0.3 is 14.8 Å². The van der Waals surface area contributed by atoms with Gasteiger partial charge in [0.2, 0.25) is 0 Å². The first-order valence-corrected chi connectivity index (χ1v) is 8.54. The summed E-state index contributed by atoms with van der Waals surface area (Å²) in [7, 11) is 1.61. The van der Waals surface area contributed by atoms with Crippen LogP contribution in [0.1, 0.15) is 16.8 Å². The smallest absolute Gasteiger partial charge is 0.339 e. The number of hydrogen-bond donors (Lipinski definition) is 1. The van der Waals surface area contributed by atoms with Crippen molar-refractivity contribution in [2.75, 3.05) is 26.9 Å². The second-order valence-electron chi connectivity index (χ2n) is 5.97. The Morgan fingerprint density at radius 2 is 1.58 bits per heavy atom. The normalized spacial score (nSPS) is 10.8. The average molecular weight is 351 g/mol. The van der Waals surface area contributed by atoms with Gasteiger partial charge in [0.05, 0.1) is 5.56 Å². The van der Waals surface area contributed by atoms with Gasteiger partial charge in [-0.15, -0.1) is 0 Å². The number of benzene rings is 3. The topological polar surface area (TPSA) is 64.6 Å². The second kappa shape index (κ2) is 8.45. The number of hydrogen-bond acceptors (Lipinski definition) is 4. The number of methoxy groups -OCH3 is 1. The van der Waals surface area contributed by atoms with Gasteiger partial charge in [-0.1, -0.05) is 48.5 Å². The molecular formula is C21H21NO4. The van der Waals surface area contributed by atoms with E-state index in [0.29, 0.717) is 25.1 Å². The van der Waals surface area contributed by atoms with Crippen LogP contribution in [-0.4, -0.2) is 38.7 Å². The number of fused-ring (bicyclic) bond motifs is 2. The lowest BCUT2D eigenvalue weighted by molar-refractivity contribution is -0.124. The van der Waals surface area contributed by atoms with Crippen molar-refractivity contribution in [1.82, 2.24) is 5.32 Å². The lowest BCUT2D eigenvalue weighted by atomic mass is 9.97. The van der Waals surface area contributed by atoms with Crippen molar-refractivity contribution in [3.05, 3.63) is 60.2 Å². The maximum Gasteiger partial charge on any atom is 0.339 e. The van der Waals surface area contributed by atoms with Gasteiger partial charge in [0.1, 0.15) is 0 Å². The van der Waals surface area contributed by atoms with Crippen molar-refractivity contribution in [2.24, 2.45) is 0 Å². The fraction of sp³-hybridized carbons (Fsp3) is 0.238. The molecule has 0 radical (unpaired) electrons. The zero-order valence-corrected chi connectivity index (χ0v) is 14.7. The monoisotopic (exact) mass is 351 g/mol. The number of rotatable bonds is 7. The molecule has 0 fully saturated rings. The van der Waals surface area contributed by atoms with Crippen LogP contribution in [-0.2, 0) is 14.3 Å². The molecule has 0 saturated heterocycles. The summed E-state index contributed by atoms with van der Waals surface area (Å²) in [6, 6.07) is 17.4. The molecule has 3 aromatic rings. The minimum atomic E-state index is -0.495. The Morgan fingerprint density at radius 3 is 2.19 bits per heavy atom. The predicted octanol–water partition coefficient (Wildman–Crippen LogP) is 3.30. The minimum Gasteiger partial charge on any atom is -0.452 e. The summed E-state index contributed by atoms with van der Waals surface area (Å²) in [5.41, 5.74) is 0.492. The Kier molecular flexibility index (Phi) is 5.81. The van der Waals surface area contributed by atoms with Gasteiger partial charge >= 0.3 is 5.97 Å². The summed E-state index contributed by atoms with van der Waals surface area (Å²) in [4.78, 5) is 24.6. The molecule has 0 aliphatic carbocycles. The molecule has 3 aromatic carbocycles. The molecule has 0 bridgehead atoms. The highest BCUT2D eigenvalue weighted by molar-refractivity contribution is 6.16. The molecule has 0 spiro atoms. The molecule has 5 heteroatoms. The highest BCUT2D eigenvalue weighted by atomic mass is 16.5. The van der Waals surface area contributed by atoms with E-state index in [9.17, 15) is 9.59 Å². The van der Waals surface area contributed by atoms with E-state index in [1.807, 2.05) is 54.6 Å². The van der Waals surface area contributed by atoms with Crippen LogP contribution in [0, 0.1) is 0 Å². The maximum atomic E-state index is 12.7. The van der Waals surface area contributed by atoms with Crippen LogP contribution in [0.2, 0.25) is 0 Å². The minimum absolute atomic E-state index is 0.302. The van der Waals surface area contributed by atoms with E-state index in [2.05, 4.69) is 5.32 Å². The van der Waals surface area contributed by atoms with Crippen molar-refractivity contribution in [3.63, 3.8) is 0 Å². The Morgan fingerprint density at radius 1 is 0.962 bits per heavy atom. The zero-order chi connectivity index (χ0) is 18.4. The van der Waals surface area contributed by atoms with Gasteiger partial charge in [-0.2, -0.15) is 0 Å². The van der Waals surface area contributed by atoms with E-state index in [1.165, 1.54) is 0 Å². The van der Waals surface area contributed by atoms with Crippen LogP contribution in [0.4, 0.5) is 0 Å². The highest BCUT2D eigenvalue weighted by Gasteiger charge is 2.17. The molecule has 0 atom stereocenters. The van der Waals surface area contributed by atoms with Gasteiger partial charge in [0.15, 0.2) is 6.61 Å². The van der Waals surface area contributed by atoms with Crippen molar-refractivity contribution in [2.45, 2.75) is 6.42 Å². The first-order chi connectivity index (χ1) is 12.7. The summed E-state index contributed by atoms with van der Waals surface area (Å²) in [5, 5.41) is 6.26. The maximum absolute atomic E-state index is 12.7. The van der Waals surface area contributed by atoms with Crippen molar-refractivity contribution < 1.29 is 19.1 Å². The van der Waals surface area contributed by atoms with E-state index in [-0.39, 0.29) is 12.5 Å². The summed E-state index contributed by atoms with van der Waals surface area (Å²) in [6.45, 7) is 0.757. The van der Waals surface area contributed by atoms with Crippen LogP contribution in [0.5, 0.6) is 0 Å². The van der Waals surface area contributed by atoms with Crippen LogP contribution >= 0.6 is 0 Å². The van der Waals surface area contributed by atoms with E-state index < -0.39 is 5.97 Å². The van der Waals surface area contributed by atoms with Gasteiger partial charge in [-0.05, 0) is 34.0 Å². The quantitative estimate of drug-likeness (QED) is 0.403. The van der Waals surface area contributed by atoms with Gasteiger partial charge in [0, 0.05) is 20.3 Å². The van der Waals surface area contributed by atoms with Crippen LogP contribution in [0.15, 0.2) is 54.6 Å². The van der Waals surface area contributed by atoms with E-state index in [4.69, 9.17) is 9.47 Å². The lowest BCUT2D eigenvalue weighted by Crippen LogP contribution is -2.30. The fourth-order valence-corrected chi connectivity index (χ4v) is 2.93. The molecule has 0 heterocycles. The second-order valence-corrected chi connectivity index (χ2v) is 5.97. The zero-order valence-electron chi connectivity index (χ0n) is 14.7. The highest BCUT2D eigenvalue weighted by Crippen LogP contribution is 2.29. The molecule has 0 saturated carbocycles. The standard InChI is InChI=1S/C21H21NO4/c1-25-12-6-11-22-19(23)14-26-21(24)20-17-9-4-2-7-15(17)13-16-8-3-5-10-18(16)20/h2-5,7-10,13H,6,11-12,14H2,1H3,(H,22,23). The number of amides is 1. The average Bonchev–Trinajstić information content (AvgIpc) is 2.67. The van der Waals surface area contributed by atoms with Crippen LogP contribution in [0.3, 0.4) is 0 Å². The fourth-order valence-electron chi connectivity index (χ4n) is 2.93. The van der Waals surface area contributed by atoms with Crippen molar-refractivity contribution >= 4 is 33.4 Å². The first-order valence-electron chi connectivity index (χ1n) is 8.54.